The van der Waals surface area contributed by atoms with Crippen molar-refractivity contribution in [2.24, 2.45) is 0 Å². The number of pyridine rings is 1. The Hall–Kier alpha value is -1.75. The Morgan fingerprint density at radius 1 is 1.22 bits per heavy atom. The highest BCUT2D eigenvalue weighted by molar-refractivity contribution is 7.13. The number of aromatic nitrogens is 2. The highest BCUT2D eigenvalue weighted by atomic mass is 35.5. The molecule has 1 aliphatic rings. The Morgan fingerprint density at radius 3 is 3.04 bits per heavy atom. The molecule has 1 aromatic carbocycles. The molecule has 2 heterocycles. The number of hydrogen-bond donors (Lipinski definition) is 1. The normalized spacial score (nSPS) is 16.5. The molecule has 1 atom stereocenters. The van der Waals surface area contributed by atoms with Gasteiger partial charge in [0.25, 0.3) is 0 Å². The molecule has 0 amide bonds. The topological polar surface area (TPSA) is 37.8 Å². The van der Waals surface area contributed by atoms with Crippen LogP contribution in [-0.2, 0) is 13.0 Å². The van der Waals surface area contributed by atoms with Crippen LogP contribution in [0.3, 0.4) is 0 Å². The van der Waals surface area contributed by atoms with Gasteiger partial charge < -0.3 is 5.32 Å². The molecular weight excluding hydrogens is 326 g/mol. The van der Waals surface area contributed by atoms with Crippen molar-refractivity contribution in [3.05, 3.63) is 69.8 Å². The lowest BCUT2D eigenvalue weighted by Gasteiger charge is -2.13. The van der Waals surface area contributed by atoms with Crippen molar-refractivity contribution in [3.63, 3.8) is 0 Å². The highest BCUT2D eigenvalue weighted by Crippen LogP contribution is 2.35. The summed E-state index contributed by atoms with van der Waals surface area (Å²) in [7, 11) is 0. The number of fused-ring (bicyclic) bond motifs is 1. The fourth-order valence-corrected chi connectivity index (χ4v) is 4.12. The van der Waals surface area contributed by atoms with Gasteiger partial charge in [-0.05, 0) is 42.2 Å². The largest absolute Gasteiger partial charge is 0.304 e. The van der Waals surface area contributed by atoms with Gasteiger partial charge in [0.05, 0.1) is 11.4 Å². The van der Waals surface area contributed by atoms with Crippen molar-refractivity contribution in [2.45, 2.75) is 25.4 Å². The van der Waals surface area contributed by atoms with Crippen molar-refractivity contribution in [1.29, 1.82) is 0 Å². The van der Waals surface area contributed by atoms with Crippen LogP contribution in [0.1, 0.15) is 29.3 Å². The third-order valence-corrected chi connectivity index (χ3v) is 5.45. The summed E-state index contributed by atoms with van der Waals surface area (Å²) >= 11 is 7.92. The van der Waals surface area contributed by atoms with E-state index in [9.17, 15) is 0 Å². The van der Waals surface area contributed by atoms with E-state index >= 15 is 0 Å². The molecule has 0 bridgehead atoms. The van der Waals surface area contributed by atoms with Crippen LogP contribution in [0.15, 0.2) is 48.0 Å². The first-order valence-electron chi connectivity index (χ1n) is 7.68. The lowest BCUT2D eigenvalue weighted by Crippen LogP contribution is -2.18. The first-order chi connectivity index (χ1) is 11.3. The van der Waals surface area contributed by atoms with E-state index in [4.69, 9.17) is 11.6 Å². The monoisotopic (exact) mass is 341 g/mol. The van der Waals surface area contributed by atoms with Gasteiger partial charge in [-0.1, -0.05) is 29.8 Å². The second kappa shape index (κ2) is 6.40. The van der Waals surface area contributed by atoms with Crippen LogP contribution in [-0.4, -0.2) is 9.97 Å². The number of nitrogens with one attached hydrogen (secondary N) is 1. The Morgan fingerprint density at radius 2 is 2.17 bits per heavy atom. The molecule has 1 N–H and O–H groups in total. The van der Waals surface area contributed by atoms with Crippen molar-refractivity contribution >= 4 is 22.9 Å². The van der Waals surface area contributed by atoms with E-state index in [1.165, 1.54) is 11.1 Å². The fraction of sp³-hybridized carbons (Fsp3) is 0.222. The smallest absolute Gasteiger partial charge is 0.142 e. The second-order valence-electron chi connectivity index (χ2n) is 5.64. The highest BCUT2D eigenvalue weighted by Gasteiger charge is 2.23. The number of hydrogen-bond acceptors (Lipinski definition) is 4. The number of halogens is 1. The van der Waals surface area contributed by atoms with E-state index < -0.39 is 0 Å². The molecule has 4 rings (SSSR count). The third-order valence-electron chi connectivity index (χ3n) is 4.18. The maximum Gasteiger partial charge on any atom is 0.142 e. The molecule has 116 valence electrons. The van der Waals surface area contributed by atoms with Crippen LogP contribution >= 0.6 is 22.9 Å². The average Bonchev–Trinajstić information content (AvgIpc) is 3.21. The molecule has 0 saturated heterocycles. The summed E-state index contributed by atoms with van der Waals surface area (Å²) in [4.78, 5) is 9.03. The Kier molecular flexibility index (Phi) is 4.12. The van der Waals surface area contributed by atoms with Crippen LogP contribution in [0.25, 0.3) is 10.7 Å². The minimum absolute atomic E-state index is 0.365. The van der Waals surface area contributed by atoms with E-state index in [0.29, 0.717) is 6.04 Å². The molecule has 0 saturated carbocycles. The molecule has 2 aromatic heterocycles. The molecule has 3 aromatic rings. The minimum Gasteiger partial charge on any atom is -0.304 e. The molecule has 0 fully saturated rings. The van der Waals surface area contributed by atoms with Gasteiger partial charge in [0.2, 0.25) is 0 Å². The van der Waals surface area contributed by atoms with E-state index in [1.54, 1.807) is 17.5 Å². The summed E-state index contributed by atoms with van der Waals surface area (Å²) in [5, 5.41) is 7.57. The van der Waals surface area contributed by atoms with Gasteiger partial charge in [-0.15, -0.1) is 11.3 Å². The maximum absolute atomic E-state index is 6.28. The minimum atomic E-state index is 0.365. The van der Waals surface area contributed by atoms with Gasteiger partial charge in [-0.2, -0.15) is 0 Å². The van der Waals surface area contributed by atoms with Crippen molar-refractivity contribution < 1.29 is 0 Å². The van der Waals surface area contributed by atoms with Crippen LogP contribution in [0, 0.1) is 0 Å². The van der Waals surface area contributed by atoms with Crippen molar-refractivity contribution in [3.8, 4) is 10.7 Å². The van der Waals surface area contributed by atoms with Crippen LogP contribution < -0.4 is 5.32 Å². The lowest BCUT2D eigenvalue weighted by molar-refractivity contribution is 0.526. The molecule has 0 unspecified atom stereocenters. The Bertz CT molecular complexity index is 816. The molecule has 0 spiro atoms. The Balaban J connectivity index is 1.45. The van der Waals surface area contributed by atoms with E-state index in [2.05, 4.69) is 26.7 Å². The van der Waals surface area contributed by atoms with Gasteiger partial charge in [-0.25, -0.2) is 4.98 Å². The Labute approximate surface area is 144 Å². The van der Waals surface area contributed by atoms with Crippen molar-refractivity contribution in [2.75, 3.05) is 0 Å². The van der Waals surface area contributed by atoms with Gasteiger partial charge >= 0.3 is 0 Å². The molecule has 23 heavy (non-hydrogen) atoms. The number of nitrogens with zero attached hydrogens (tertiary/aromatic N) is 2. The fourth-order valence-electron chi connectivity index (χ4n) is 3.04. The standard InChI is InChI=1S/C18H16ClN3S/c19-15-5-3-4-14-13(15)7-8-16(14)21-10-12-11-23-18(22-12)17-6-1-2-9-20-17/h1-6,9,11,16,21H,7-8,10H2/t16-/m0/s1. The maximum atomic E-state index is 6.28. The summed E-state index contributed by atoms with van der Waals surface area (Å²) in [5.74, 6) is 0. The third kappa shape index (κ3) is 3.02. The molecule has 0 aliphatic heterocycles. The van der Waals surface area contributed by atoms with Gasteiger partial charge in [0.1, 0.15) is 5.01 Å². The van der Waals surface area contributed by atoms with Crippen molar-refractivity contribution in [1.82, 2.24) is 15.3 Å². The van der Waals surface area contributed by atoms with Gasteiger partial charge in [-0.3, -0.25) is 4.98 Å². The zero-order valence-electron chi connectivity index (χ0n) is 12.5. The average molecular weight is 342 g/mol. The van der Waals surface area contributed by atoms with E-state index in [-0.39, 0.29) is 0 Å². The first kappa shape index (κ1) is 14.8. The second-order valence-corrected chi connectivity index (χ2v) is 6.90. The lowest BCUT2D eigenvalue weighted by atomic mass is 10.1. The summed E-state index contributed by atoms with van der Waals surface area (Å²) in [6, 6.07) is 12.4. The number of thiazole rings is 1. The molecule has 0 radical (unpaired) electrons. The van der Waals surface area contributed by atoms with E-state index in [1.807, 2.05) is 30.3 Å². The number of benzene rings is 1. The predicted molar refractivity (Wildman–Crippen MR) is 94.7 cm³/mol. The summed E-state index contributed by atoms with van der Waals surface area (Å²) < 4.78 is 0. The van der Waals surface area contributed by atoms with E-state index in [0.717, 1.165) is 40.8 Å². The molecule has 5 heteroatoms. The number of rotatable bonds is 4. The summed E-state index contributed by atoms with van der Waals surface area (Å²) in [6.07, 6.45) is 3.94. The van der Waals surface area contributed by atoms with Crippen LogP contribution in [0.5, 0.6) is 0 Å². The SMILES string of the molecule is Clc1cccc2c1CC[C@@H]2NCc1csc(-c2ccccn2)n1. The molecular formula is C18H16ClN3S. The zero-order valence-corrected chi connectivity index (χ0v) is 14.1. The van der Waals surface area contributed by atoms with Crippen LogP contribution in [0.4, 0.5) is 0 Å². The summed E-state index contributed by atoms with van der Waals surface area (Å²) in [5.41, 5.74) is 4.62. The van der Waals surface area contributed by atoms with Gasteiger partial charge in [0, 0.05) is 29.2 Å². The predicted octanol–water partition coefficient (Wildman–Crippen LogP) is 4.64. The zero-order chi connectivity index (χ0) is 15.6. The van der Waals surface area contributed by atoms with Gasteiger partial charge in [0.15, 0.2) is 0 Å². The quantitative estimate of drug-likeness (QED) is 0.751. The summed E-state index contributed by atoms with van der Waals surface area (Å²) in [6.45, 7) is 0.764. The molecule has 3 nitrogen and oxygen atoms in total. The van der Waals surface area contributed by atoms with Crippen LogP contribution in [0.2, 0.25) is 5.02 Å². The molecule has 1 aliphatic carbocycles. The first-order valence-corrected chi connectivity index (χ1v) is 8.93.